The molecule has 5 rings (SSSR count). The molecular weight excluding hydrogens is 478 g/mol. The van der Waals surface area contributed by atoms with Crippen molar-refractivity contribution < 1.29 is 4.79 Å². The Balaban J connectivity index is 1.75. The number of aromatic amines is 1. The molecule has 1 aliphatic heterocycles. The Morgan fingerprint density at radius 3 is 2.42 bits per heavy atom. The molecule has 0 radical (unpaired) electrons. The molecule has 1 amide bonds. The van der Waals surface area contributed by atoms with Crippen LogP contribution in [0.3, 0.4) is 0 Å². The van der Waals surface area contributed by atoms with Crippen LogP contribution in [0.25, 0.3) is 22.0 Å². The average Bonchev–Trinajstić information content (AvgIpc) is 3.29. The van der Waals surface area contributed by atoms with Gasteiger partial charge in [-0.2, -0.15) is 5.10 Å². The summed E-state index contributed by atoms with van der Waals surface area (Å²) in [4.78, 5) is 29.3. The zero-order chi connectivity index (χ0) is 22.9. The fraction of sp³-hybridized carbons (Fsp3) is 0.148. The van der Waals surface area contributed by atoms with Gasteiger partial charge < -0.3 is 4.98 Å². The lowest BCUT2D eigenvalue weighted by Crippen LogP contribution is -2.26. The normalized spacial score (nSPS) is 15.6. The topological polar surface area (TPSA) is 65.5 Å². The van der Waals surface area contributed by atoms with Crippen LogP contribution in [0.15, 0.2) is 93.2 Å². The first kappa shape index (κ1) is 21.3. The summed E-state index contributed by atoms with van der Waals surface area (Å²) in [5.74, 6) is -0.0694. The summed E-state index contributed by atoms with van der Waals surface area (Å²) in [7, 11) is 0. The van der Waals surface area contributed by atoms with Gasteiger partial charge in [-0.05, 0) is 29.3 Å². The van der Waals surface area contributed by atoms with Crippen molar-refractivity contribution in [3.8, 4) is 11.1 Å². The van der Waals surface area contributed by atoms with E-state index < -0.39 is 0 Å². The number of benzene rings is 3. The molecule has 4 aromatic rings. The number of fused-ring (bicyclic) bond motifs is 1. The molecule has 1 aromatic heterocycles. The maximum Gasteiger partial charge on any atom is 0.258 e. The first-order valence-corrected chi connectivity index (χ1v) is 11.7. The van der Waals surface area contributed by atoms with Gasteiger partial charge in [-0.25, -0.2) is 5.01 Å². The number of carbonyl (C=O) groups is 1. The molecule has 0 saturated carbocycles. The molecule has 0 unspecified atom stereocenters. The monoisotopic (exact) mass is 499 g/mol. The Hall–Kier alpha value is -3.51. The number of pyridine rings is 1. The summed E-state index contributed by atoms with van der Waals surface area (Å²) in [5, 5.41) is 7.20. The predicted octanol–water partition coefficient (Wildman–Crippen LogP) is 6.05. The summed E-state index contributed by atoms with van der Waals surface area (Å²) in [6, 6.07) is 25.3. The van der Waals surface area contributed by atoms with Gasteiger partial charge in [0.05, 0.1) is 17.3 Å². The molecule has 0 bridgehead atoms. The van der Waals surface area contributed by atoms with E-state index in [1.54, 1.807) is 5.01 Å². The minimum Gasteiger partial charge on any atom is -0.321 e. The van der Waals surface area contributed by atoms with Gasteiger partial charge in [0.15, 0.2) is 0 Å². The molecule has 6 heteroatoms. The number of hydrogen-bond acceptors (Lipinski definition) is 3. The van der Waals surface area contributed by atoms with Crippen LogP contribution in [0, 0.1) is 0 Å². The Morgan fingerprint density at radius 2 is 1.73 bits per heavy atom. The second-order valence-electron chi connectivity index (χ2n) is 8.03. The largest absolute Gasteiger partial charge is 0.321 e. The molecule has 1 N–H and O–H groups in total. The molecule has 164 valence electrons. The number of rotatable bonds is 4. The Bertz CT molecular complexity index is 1430. The number of nitrogens with one attached hydrogen (secondary N) is 1. The maximum atomic E-state index is 13.4. The summed E-state index contributed by atoms with van der Waals surface area (Å²) < 4.78 is 0.920. The number of halogens is 1. The average molecular weight is 500 g/mol. The van der Waals surface area contributed by atoms with Crippen molar-refractivity contribution in [1.29, 1.82) is 0 Å². The first-order chi connectivity index (χ1) is 16.1. The van der Waals surface area contributed by atoms with Crippen LogP contribution in [0.5, 0.6) is 0 Å². The number of nitrogens with zero attached hydrogens (tertiary/aromatic N) is 2. The minimum absolute atomic E-state index is 0.0694. The molecule has 3 aromatic carbocycles. The van der Waals surface area contributed by atoms with Crippen LogP contribution in [-0.4, -0.2) is 21.6 Å². The smallest absolute Gasteiger partial charge is 0.258 e. The van der Waals surface area contributed by atoms with E-state index in [0.717, 1.165) is 32.1 Å². The minimum atomic E-state index is -0.241. The quantitative estimate of drug-likeness (QED) is 0.371. The van der Waals surface area contributed by atoms with Crippen LogP contribution in [0.1, 0.15) is 36.9 Å². The number of H-pyrrole nitrogens is 1. The molecule has 1 aliphatic rings. The van der Waals surface area contributed by atoms with Crippen molar-refractivity contribution in [1.82, 2.24) is 9.99 Å². The second-order valence-corrected chi connectivity index (χ2v) is 8.94. The zero-order valence-electron chi connectivity index (χ0n) is 18.1. The third-order valence-corrected chi connectivity index (χ3v) is 6.47. The van der Waals surface area contributed by atoms with Crippen molar-refractivity contribution >= 4 is 38.5 Å². The standard InChI is InChI=1S/C27H22BrN3O2/c1-2-24(32)31-23(17-9-5-3-6-10-17)16-22(30-31)26-25(18-11-7-4-8-12-18)20-15-19(28)13-14-21(20)29-27(26)33/h3-15,23H,2,16H2,1H3,(H,29,33)/t23-/m0/s1. The van der Waals surface area contributed by atoms with Gasteiger partial charge in [0.25, 0.3) is 5.56 Å². The Morgan fingerprint density at radius 1 is 1.03 bits per heavy atom. The van der Waals surface area contributed by atoms with E-state index in [4.69, 9.17) is 5.10 Å². The van der Waals surface area contributed by atoms with E-state index in [9.17, 15) is 9.59 Å². The molecule has 0 spiro atoms. The van der Waals surface area contributed by atoms with Crippen molar-refractivity contribution in [2.24, 2.45) is 5.10 Å². The third-order valence-electron chi connectivity index (χ3n) is 5.98. The Kier molecular flexibility index (Phi) is 5.68. The molecule has 33 heavy (non-hydrogen) atoms. The van der Waals surface area contributed by atoms with Crippen LogP contribution in [0.4, 0.5) is 0 Å². The number of amides is 1. The zero-order valence-corrected chi connectivity index (χ0v) is 19.7. The lowest BCUT2D eigenvalue weighted by Gasteiger charge is -2.21. The fourth-order valence-electron chi connectivity index (χ4n) is 4.43. The summed E-state index contributed by atoms with van der Waals surface area (Å²) in [5.41, 5.74) is 4.43. The van der Waals surface area contributed by atoms with Crippen molar-refractivity contribution in [2.45, 2.75) is 25.8 Å². The van der Waals surface area contributed by atoms with Gasteiger partial charge in [-0.15, -0.1) is 0 Å². The summed E-state index contributed by atoms with van der Waals surface area (Å²) in [6.07, 6.45) is 0.810. The van der Waals surface area contributed by atoms with E-state index >= 15 is 0 Å². The number of hydrogen-bond donors (Lipinski definition) is 1. The summed E-state index contributed by atoms with van der Waals surface area (Å²) in [6.45, 7) is 1.83. The van der Waals surface area contributed by atoms with Gasteiger partial charge in [-0.1, -0.05) is 83.5 Å². The highest BCUT2D eigenvalue weighted by Crippen LogP contribution is 2.37. The van der Waals surface area contributed by atoms with E-state index in [1.807, 2.05) is 85.8 Å². The SMILES string of the molecule is CCC(=O)N1N=C(c2c(-c3ccccc3)c3cc(Br)ccc3[nH]c2=O)C[C@H]1c1ccccc1. The van der Waals surface area contributed by atoms with Crippen molar-refractivity contribution in [3.05, 3.63) is 105 Å². The van der Waals surface area contributed by atoms with Gasteiger partial charge in [0.2, 0.25) is 5.91 Å². The van der Waals surface area contributed by atoms with Gasteiger partial charge in [0, 0.05) is 33.8 Å². The molecule has 0 saturated heterocycles. The van der Waals surface area contributed by atoms with Crippen LogP contribution in [0.2, 0.25) is 0 Å². The fourth-order valence-corrected chi connectivity index (χ4v) is 4.79. The molecule has 2 heterocycles. The predicted molar refractivity (Wildman–Crippen MR) is 135 cm³/mol. The van der Waals surface area contributed by atoms with Crippen molar-refractivity contribution in [3.63, 3.8) is 0 Å². The van der Waals surface area contributed by atoms with Crippen LogP contribution >= 0.6 is 15.9 Å². The van der Waals surface area contributed by atoms with Crippen LogP contribution in [-0.2, 0) is 4.79 Å². The highest BCUT2D eigenvalue weighted by Gasteiger charge is 2.34. The van der Waals surface area contributed by atoms with Gasteiger partial charge in [0.1, 0.15) is 0 Å². The Labute approximate surface area is 199 Å². The van der Waals surface area contributed by atoms with Gasteiger partial charge >= 0.3 is 0 Å². The lowest BCUT2D eigenvalue weighted by atomic mass is 9.91. The molecular formula is C27H22BrN3O2. The van der Waals surface area contributed by atoms with E-state index in [2.05, 4.69) is 20.9 Å². The molecule has 1 atom stereocenters. The summed E-state index contributed by atoms with van der Waals surface area (Å²) >= 11 is 3.57. The van der Waals surface area contributed by atoms with Gasteiger partial charge in [-0.3, -0.25) is 9.59 Å². The maximum absolute atomic E-state index is 13.4. The van der Waals surface area contributed by atoms with E-state index in [1.165, 1.54) is 0 Å². The third kappa shape index (κ3) is 3.91. The molecule has 5 nitrogen and oxygen atoms in total. The first-order valence-electron chi connectivity index (χ1n) is 10.9. The second kappa shape index (κ2) is 8.79. The lowest BCUT2D eigenvalue weighted by molar-refractivity contribution is -0.132. The van der Waals surface area contributed by atoms with Crippen molar-refractivity contribution in [2.75, 3.05) is 0 Å². The molecule has 0 aliphatic carbocycles. The van der Waals surface area contributed by atoms with E-state index in [0.29, 0.717) is 24.1 Å². The van der Waals surface area contributed by atoms with E-state index in [-0.39, 0.29) is 17.5 Å². The molecule has 0 fully saturated rings. The highest BCUT2D eigenvalue weighted by molar-refractivity contribution is 9.10. The number of carbonyl (C=O) groups excluding carboxylic acids is 1. The highest BCUT2D eigenvalue weighted by atomic mass is 79.9. The van der Waals surface area contributed by atoms with Crippen LogP contribution < -0.4 is 5.56 Å². The number of hydrazone groups is 1. The number of aromatic nitrogens is 1.